The summed E-state index contributed by atoms with van der Waals surface area (Å²) in [6.07, 6.45) is 6.74. The van der Waals surface area contributed by atoms with Gasteiger partial charge in [0.05, 0.1) is 45.4 Å². The van der Waals surface area contributed by atoms with Gasteiger partial charge in [0.25, 0.3) is 0 Å². The number of hydrogen-bond acceptors (Lipinski definition) is 9. The van der Waals surface area contributed by atoms with Crippen molar-refractivity contribution in [2.24, 2.45) is 4.99 Å². The number of nitrogens with zero attached hydrogens (tertiary/aromatic N) is 4. The van der Waals surface area contributed by atoms with Crippen LogP contribution in [0.1, 0.15) is 38.7 Å². The first kappa shape index (κ1) is 31.7. The minimum absolute atomic E-state index is 0.0921. The number of hydrogen-bond donors (Lipinski definition) is 1. The summed E-state index contributed by atoms with van der Waals surface area (Å²) in [6.45, 7) is 8.95. The maximum Gasteiger partial charge on any atom is 0.175 e. The molecule has 0 saturated heterocycles. The van der Waals surface area contributed by atoms with Gasteiger partial charge in [-0.2, -0.15) is 10.5 Å². The molecule has 0 spiro atoms. The minimum atomic E-state index is 0.0921. The molecule has 0 atom stereocenters. The molecule has 210 valence electrons. The van der Waals surface area contributed by atoms with E-state index >= 15 is 0 Å². The van der Waals surface area contributed by atoms with E-state index in [1.165, 1.54) is 0 Å². The van der Waals surface area contributed by atoms with Crippen LogP contribution >= 0.6 is 0 Å². The van der Waals surface area contributed by atoms with Gasteiger partial charge in [0.2, 0.25) is 0 Å². The van der Waals surface area contributed by atoms with Crippen LogP contribution in [0, 0.1) is 22.7 Å². The van der Waals surface area contributed by atoms with E-state index in [-0.39, 0.29) is 11.4 Å². The van der Waals surface area contributed by atoms with Gasteiger partial charge in [0.15, 0.2) is 11.4 Å². The van der Waals surface area contributed by atoms with Gasteiger partial charge in [-0.05, 0) is 49.1 Å². The molecule has 1 aromatic rings. The van der Waals surface area contributed by atoms with Crippen LogP contribution in [0.3, 0.4) is 0 Å². The molecule has 0 aromatic heterocycles. The third kappa shape index (κ3) is 11.0. The predicted molar refractivity (Wildman–Crippen MR) is 154 cm³/mol. The van der Waals surface area contributed by atoms with Crippen molar-refractivity contribution in [2.45, 2.75) is 33.1 Å². The number of nitriles is 2. The van der Waals surface area contributed by atoms with E-state index in [0.717, 1.165) is 54.9 Å². The van der Waals surface area contributed by atoms with Crippen molar-refractivity contribution in [3.63, 3.8) is 0 Å². The zero-order chi connectivity index (χ0) is 28.3. The highest BCUT2D eigenvalue weighted by atomic mass is 16.5. The molecule has 0 unspecified atom stereocenters. The molecule has 0 aliphatic carbocycles. The van der Waals surface area contributed by atoms with Gasteiger partial charge in [-0.1, -0.05) is 31.6 Å². The fraction of sp³-hybridized carbons (Fsp3) is 0.500. The second-order valence-corrected chi connectivity index (χ2v) is 8.90. The molecule has 1 aliphatic rings. The number of rotatable bonds is 18. The predicted octanol–water partition coefficient (Wildman–Crippen LogP) is 4.60. The Kier molecular flexibility index (Phi) is 15.2. The Balaban J connectivity index is 2.20. The zero-order valence-electron chi connectivity index (χ0n) is 23.7. The fourth-order valence-electron chi connectivity index (χ4n) is 3.91. The highest BCUT2D eigenvalue weighted by Gasteiger charge is 2.17. The molecular formula is C30H41N5O4. The van der Waals surface area contributed by atoms with Gasteiger partial charge in [-0.15, -0.1) is 0 Å². The molecular weight excluding hydrogens is 494 g/mol. The minimum Gasteiger partial charge on any atom is -0.382 e. The molecule has 0 saturated carbocycles. The summed E-state index contributed by atoms with van der Waals surface area (Å²) in [5, 5.41) is 22.1. The van der Waals surface area contributed by atoms with Gasteiger partial charge in [-0.3, -0.25) is 0 Å². The van der Waals surface area contributed by atoms with E-state index in [1.54, 1.807) is 14.2 Å². The standard InChI is InChI=1S/C30H41N5O4/c1-5-6-7-27-24(2)33-29(22-31)30(23-32)34-28(27)13-10-25-8-11-26(12-9-25)35(14-16-38-20-18-36-3)15-17-39-21-19-37-4/h8-13,33H,5-7,14-21H2,1-4H3/b13-10+. The molecule has 1 heterocycles. The van der Waals surface area contributed by atoms with E-state index in [0.29, 0.717) is 45.4 Å². The van der Waals surface area contributed by atoms with E-state index in [4.69, 9.17) is 18.9 Å². The number of nitrogens with one attached hydrogen (secondary N) is 1. The van der Waals surface area contributed by atoms with Crippen molar-refractivity contribution in [1.82, 2.24) is 5.32 Å². The number of methoxy groups -OCH3 is 2. The normalized spacial score (nSPS) is 13.6. The van der Waals surface area contributed by atoms with Crippen LogP contribution in [-0.2, 0) is 18.9 Å². The largest absolute Gasteiger partial charge is 0.382 e. The summed E-state index contributed by atoms with van der Waals surface area (Å²) >= 11 is 0. The summed E-state index contributed by atoms with van der Waals surface area (Å²) in [6, 6.07) is 12.4. The van der Waals surface area contributed by atoms with Crippen molar-refractivity contribution < 1.29 is 18.9 Å². The number of benzene rings is 1. The van der Waals surface area contributed by atoms with E-state index in [2.05, 4.69) is 58.5 Å². The summed E-state index contributed by atoms with van der Waals surface area (Å²) in [7, 11) is 3.32. The molecule has 0 radical (unpaired) electrons. The second-order valence-electron chi connectivity index (χ2n) is 8.90. The topological polar surface area (TPSA) is 112 Å². The average molecular weight is 536 g/mol. The third-order valence-electron chi connectivity index (χ3n) is 6.11. The Morgan fingerprint density at radius 3 is 2.08 bits per heavy atom. The highest BCUT2D eigenvalue weighted by Crippen LogP contribution is 2.22. The number of aliphatic imine (C=N–C) groups is 1. The van der Waals surface area contributed by atoms with Crippen LogP contribution in [0.4, 0.5) is 5.69 Å². The quantitative estimate of drug-likeness (QED) is 0.272. The maximum absolute atomic E-state index is 9.58. The van der Waals surface area contributed by atoms with Crippen molar-refractivity contribution >= 4 is 17.5 Å². The summed E-state index contributed by atoms with van der Waals surface area (Å²) in [5.41, 5.74) is 4.89. The first-order chi connectivity index (χ1) is 19.1. The van der Waals surface area contributed by atoms with Crippen molar-refractivity contribution in [3.05, 3.63) is 58.6 Å². The smallest absolute Gasteiger partial charge is 0.175 e. The Labute approximate surface area is 233 Å². The van der Waals surface area contributed by atoms with Crippen molar-refractivity contribution in [2.75, 3.05) is 71.9 Å². The number of ether oxygens (including phenoxy) is 4. The number of anilines is 1. The third-order valence-corrected chi connectivity index (χ3v) is 6.11. The summed E-state index contributed by atoms with van der Waals surface area (Å²) in [5.74, 6) is 0. The Morgan fingerprint density at radius 2 is 1.54 bits per heavy atom. The molecule has 1 aliphatic heterocycles. The molecule has 9 nitrogen and oxygen atoms in total. The Morgan fingerprint density at radius 1 is 0.897 bits per heavy atom. The molecule has 39 heavy (non-hydrogen) atoms. The lowest BCUT2D eigenvalue weighted by atomic mass is 10.0. The molecule has 1 aromatic carbocycles. The van der Waals surface area contributed by atoms with E-state index in [1.807, 2.05) is 19.1 Å². The van der Waals surface area contributed by atoms with Crippen LogP contribution in [0.5, 0.6) is 0 Å². The fourth-order valence-corrected chi connectivity index (χ4v) is 3.91. The Bertz CT molecular complexity index is 1080. The van der Waals surface area contributed by atoms with Crippen LogP contribution in [0.15, 0.2) is 58.0 Å². The molecule has 9 heteroatoms. The molecule has 0 amide bonds. The van der Waals surface area contributed by atoms with Gasteiger partial charge in [0.1, 0.15) is 12.1 Å². The monoisotopic (exact) mass is 535 g/mol. The SMILES string of the molecule is CCCCC1=C(C)NC(C#N)=C(C#N)N=C1/C=C/c1ccc(N(CCOCCOC)CCOCCOC)cc1. The van der Waals surface area contributed by atoms with E-state index < -0.39 is 0 Å². The number of unbranched alkanes of at least 4 members (excludes halogenated alkanes) is 1. The Hall–Kier alpha value is -3.47. The van der Waals surface area contributed by atoms with Gasteiger partial charge >= 0.3 is 0 Å². The van der Waals surface area contributed by atoms with Gasteiger partial charge in [-0.25, -0.2) is 4.99 Å². The lowest BCUT2D eigenvalue weighted by molar-refractivity contribution is 0.0677. The first-order valence-corrected chi connectivity index (χ1v) is 13.3. The number of allylic oxidation sites excluding steroid dienone is 5. The van der Waals surface area contributed by atoms with Crippen LogP contribution in [0.2, 0.25) is 0 Å². The zero-order valence-corrected chi connectivity index (χ0v) is 23.7. The van der Waals surface area contributed by atoms with Crippen LogP contribution < -0.4 is 10.2 Å². The highest BCUT2D eigenvalue weighted by molar-refractivity contribution is 6.11. The van der Waals surface area contributed by atoms with Crippen molar-refractivity contribution in [1.29, 1.82) is 10.5 Å². The first-order valence-electron chi connectivity index (χ1n) is 13.3. The van der Waals surface area contributed by atoms with Crippen LogP contribution in [0.25, 0.3) is 6.08 Å². The van der Waals surface area contributed by atoms with Crippen molar-refractivity contribution in [3.8, 4) is 12.1 Å². The summed E-state index contributed by atoms with van der Waals surface area (Å²) < 4.78 is 21.5. The van der Waals surface area contributed by atoms with Gasteiger partial charge in [0, 0.05) is 38.7 Å². The van der Waals surface area contributed by atoms with Gasteiger partial charge < -0.3 is 29.2 Å². The maximum atomic E-state index is 9.58. The average Bonchev–Trinajstić information content (AvgIpc) is 3.09. The molecule has 0 fully saturated rings. The lowest BCUT2D eigenvalue weighted by Crippen LogP contribution is -2.31. The molecule has 1 N–H and O–H groups in total. The molecule has 2 rings (SSSR count). The molecule has 0 bridgehead atoms. The lowest BCUT2D eigenvalue weighted by Gasteiger charge is -2.25. The summed E-state index contributed by atoms with van der Waals surface area (Å²) in [4.78, 5) is 6.79. The second kappa shape index (κ2) is 18.7. The van der Waals surface area contributed by atoms with Crippen LogP contribution in [-0.4, -0.2) is 72.7 Å². The van der Waals surface area contributed by atoms with E-state index in [9.17, 15) is 10.5 Å².